The number of aromatic nitrogens is 5. The van der Waals surface area contributed by atoms with Gasteiger partial charge in [-0.1, -0.05) is 6.07 Å². The summed E-state index contributed by atoms with van der Waals surface area (Å²) in [6.07, 6.45) is 5.91. The first-order chi connectivity index (χ1) is 12.3. The fourth-order valence-electron chi connectivity index (χ4n) is 2.89. The minimum atomic E-state index is -0.169. The molecule has 1 unspecified atom stereocenters. The van der Waals surface area contributed by atoms with Gasteiger partial charge in [0.05, 0.1) is 0 Å². The van der Waals surface area contributed by atoms with E-state index in [1.54, 1.807) is 23.2 Å². The molecule has 25 heavy (non-hydrogen) atoms. The van der Waals surface area contributed by atoms with E-state index in [9.17, 15) is 4.79 Å². The summed E-state index contributed by atoms with van der Waals surface area (Å²) < 4.78 is 1.65. The number of nitrogens with zero attached hydrogens (tertiary/aromatic N) is 6. The fourth-order valence-corrected chi connectivity index (χ4v) is 2.89. The van der Waals surface area contributed by atoms with E-state index < -0.39 is 0 Å². The Balaban J connectivity index is 1.30. The third-order valence-electron chi connectivity index (χ3n) is 4.17. The van der Waals surface area contributed by atoms with Crippen molar-refractivity contribution in [2.75, 3.05) is 18.0 Å². The molecule has 9 nitrogen and oxygen atoms in total. The van der Waals surface area contributed by atoms with Gasteiger partial charge in [-0.15, -0.1) is 15.3 Å². The molecule has 0 bridgehead atoms. The van der Waals surface area contributed by atoms with Crippen LogP contribution < -0.4 is 15.5 Å². The Hall–Kier alpha value is -3.23. The molecule has 0 radical (unpaired) electrons. The highest BCUT2D eigenvalue weighted by atomic mass is 16.2. The summed E-state index contributed by atoms with van der Waals surface area (Å²) in [5.74, 6) is 0.854. The minimum Gasteiger partial charge on any atom is -0.353 e. The largest absolute Gasteiger partial charge is 0.353 e. The Labute approximate surface area is 144 Å². The third-order valence-corrected chi connectivity index (χ3v) is 4.17. The molecule has 2 N–H and O–H groups in total. The van der Waals surface area contributed by atoms with Crippen molar-refractivity contribution in [1.82, 2.24) is 35.4 Å². The second-order valence-electron chi connectivity index (χ2n) is 5.95. The van der Waals surface area contributed by atoms with Crippen LogP contribution in [0.15, 0.2) is 43.0 Å². The number of carbonyl (C=O) groups excluding carboxylic acids is 1. The summed E-state index contributed by atoms with van der Waals surface area (Å²) >= 11 is 0. The predicted octanol–water partition coefficient (Wildman–Crippen LogP) is 0.597. The van der Waals surface area contributed by atoms with Gasteiger partial charge in [-0.05, 0) is 30.2 Å². The second kappa shape index (κ2) is 6.71. The molecule has 3 aromatic heterocycles. The molecule has 4 heterocycles. The molecule has 3 aromatic rings. The number of amides is 2. The van der Waals surface area contributed by atoms with Gasteiger partial charge in [-0.25, -0.2) is 4.79 Å². The lowest BCUT2D eigenvalue weighted by atomic mass is 10.2. The van der Waals surface area contributed by atoms with Gasteiger partial charge in [0.15, 0.2) is 5.65 Å². The summed E-state index contributed by atoms with van der Waals surface area (Å²) in [6.45, 7) is 2.02. The maximum Gasteiger partial charge on any atom is 0.315 e. The van der Waals surface area contributed by atoms with Crippen LogP contribution in [0.5, 0.6) is 0 Å². The first-order valence-corrected chi connectivity index (χ1v) is 8.13. The second-order valence-corrected chi connectivity index (χ2v) is 5.95. The van der Waals surface area contributed by atoms with Crippen LogP contribution in [0.3, 0.4) is 0 Å². The monoisotopic (exact) mass is 338 g/mol. The molecule has 2 amide bonds. The number of pyridine rings is 1. The lowest BCUT2D eigenvalue weighted by Crippen LogP contribution is -2.43. The van der Waals surface area contributed by atoms with Gasteiger partial charge in [-0.3, -0.25) is 4.98 Å². The van der Waals surface area contributed by atoms with Gasteiger partial charge < -0.3 is 15.5 Å². The molecule has 4 rings (SSSR count). The van der Waals surface area contributed by atoms with Crippen molar-refractivity contribution in [3.05, 3.63) is 48.5 Å². The molecule has 128 valence electrons. The van der Waals surface area contributed by atoms with Crippen molar-refractivity contribution in [3.63, 3.8) is 0 Å². The lowest BCUT2D eigenvalue weighted by molar-refractivity contribution is 0.237. The number of anilines is 1. The zero-order valence-corrected chi connectivity index (χ0v) is 13.5. The van der Waals surface area contributed by atoms with E-state index in [4.69, 9.17) is 0 Å². The molecule has 0 aliphatic carbocycles. The van der Waals surface area contributed by atoms with E-state index in [2.05, 4.69) is 35.8 Å². The normalized spacial score (nSPS) is 17.0. The van der Waals surface area contributed by atoms with E-state index >= 15 is 0 Å². The Morgan fingerprint density at radius 3 is 3.16 bits per heavy atom. The van der Waals surface area contributed by atoms with Crippen LogP contribution in [-0.4, -0.2) is 50.0 Å². The standard InChI is InChI=1S/C16H18N8O/c25-16(18-9-12-2-1-6-17-8-12)20-13-5-7-23(10-13)15-4-3-14-21-19-11-24(14)22-15/h1-4,6,8,11,13H,5,7,9-10H2,(H2,18,20,25). The van der Waals surface area contributed by atoms with Gasteiger partial charge in [-0.2, -0.15) is 4.52 Å². The summed E-state index contributed by atoms with van der Waals surface area (Å²) in [5, 5.41) is 18.1. The number of hydrogen-bond donors (Lipinski definition) is 2. The molecule has 1 aliphatic rings. The number of carbonyl (C=O) groups is 1. The highest BCUT2D eigenvalue weighted by molar-refractivity contribution is 5.74. The van der Waals surface area contributed by atoms with Crippen molar-refractivity contribution in [2.24, 2.45) is 0 Å². The zero-order valence-electron chi connectivity index (χ0n) is 13.5. The smallest absolute Gasteiger partial charge is 0.315 e. The number of fused-ring (bicyclic) bond motifs is 1. The maximum absolute atomic E-state index is 12.1. The van der Waals surface area contributed by atoms with E-state index in [-0.39, 0.29) is 12.1 Å². The minimum absolute atomic E-state index is 0.0901. The van der Waals surface area contributed by atoms with Crippen molar-refractivity contribution in [2.45, 2.75) is 19.0 Å². The number of hydrogen-bond acceptors (Lipinski definition) is 6. The van der Waals surface area contributed by atoms with E-state index in [1.165, 1.54) is 0 Å². The SMILES string of the molecule is O=C(NCc1cccnc1)NC1CCN(c2ccc3nncn3n2)C1. The van der Waals surface area contributed by atoms with Gasteiger partial charge in [0.2, 0.25) is 0 Å². The van der Waals surface area contributed by atoms with Crippen molar-refractivity contribution >= 4 is 17.5 Å². The molecular formula is C16H18N8O. The van der Waals surface area contributed by atoms with Crippen LogP contribution >= 0.6 is 0 Å². The summed E-state index contributed by atoms with van der Waals surface area (Å²) in [4.78, 5) is 18.2. The van der Waals surface area contributed by atoms with E-state index in [0.29, 0.717) is 12.2 Å². The molecule has 1 saturated heterocycles. The highest BCUT2D eigenvalue weighted by Crippen LogP contribution is 2.18. The van der Waals surface area contributed by atoms with Crippen LogP contribution in [0.1, 0.15) is 12.0 Å². The van der Waals surface area contributed by atoms with Crippen LogP contribution in [0.4, 0.5) is 10.6 Å². The summed E-state index contributed by atoms with van der Waals surface area (Å²) in [6, 6.07) is 7.51. The van der Waals surface area contributed by atoms with Crippen LogP contribution in [0, 0.1) is 0 Å². The highest BCUT2D eigenvalue weighted by Gasteiger charge is 2.25. The molecule has 0 aromatic carbocycles. The summed E-state index contributed by atoms with van der Waals surface area (Å²) in [7, 11) is 0. The van der Waals surface area contributed by atoms with Crippen molar-refractivity contribution in [1.29, 1.82) is 0 Å². The quantitative estimate of drug-likeness (QED) is 0.722. The van der Waals surface area contributed by atoms with Crippen LogP contribution in [-0.2, 0) is 6.54 Å². The topological polar surface area (TPSA) is 100 Å². The molecule has 1 fully saturated rings. The van der Waals surface area contributed by atoms with Crippen LogP contribution in [0.2, 0.25) is 0 Å². The van der Waals surface area contributed by atoms with E-state index in [0.717, 1.165) is 30.9 Å². The van der Waals surface area contributed by atoms with Crippen LogP contribution in [0.25, 0.3) is 5.65 Å². The number of nitrogens with one attached hydrogen (secondary N) is 2. The molecule has 0 saturated carbocycles. The molecular weight excluding hydrogens is 320 g/mol. The van der Waals surface area contributed by atoms with E-state index in [1.807, 2.05) is 24.3 Å². The molecule has 1 atom stereocenters. The van der Waals surface area contributed by atoms with Gasteiger partial charge in [0, 0.05) is 38.1 Å². The molecule has 1 aliphatic heterocycles. The fraction of sp³-hybridized carbons (Fsp3) is 0.312. The Morgan fingerprint density at radius 2 is 2.28 bits per heavy atom. The predicted molar refractivity (Wildman–Crippen MR) is 91.0 cm³/mol. The average molecular weight is 338 g/mol. The Kier molecular flexibility index (Phi) is 4.11. The maximum atomic E-state index is 12.1. The first-order valence-electron chi connectivity index (χ1n) is 8.13. The third kappa shape index (κ3) is 3.49. The summed E-state index contributed by atoms with van der Waals surface area (Å²) in [5.41, 5.74) is 1.68. The van der Waals surface area contributed by atoms with Crippen molar-refractivity contribution < 1.29 is 4.79 Å². The lowest BCUT2D eigenvalue weighted by Gasteiger charge is -2.18. The number of rotatable bonds is 4. The average Bonchev–Trinajstić information content (AvgIpc) is 3.29. The van der Waals surface area contributed by atoms with Gasteiger partial charge in [0.25, 0.3) is 0 Å². The molecule has 9 heteroatoms. The first kappa shape index (κ1) is 15.3. The van der Waals surface area contributed by atoms with Gasteiger partial charge >= 0.3 is 6.03 Å². The van der Waals surface area contributed by atoms with Gasteiger partial charge in [0.1, 0.15) is 12.1 Å². The Morgan fingerprint density at radius 1 is 1.32 bits per heavy atom. The van der Waals surface area contributed by atoms with Crippen molar-refractivity contribution in [3.8, 4) is 0 Å². The number of urea groups is 1. The Bertz CT molecular complexity index is 865. The molecule has 0 spiro atoms. The zero-order chi connectivity index (χ0) is 17.1.